The van der Waals surface area contributed by atoms with Gasteiger partial charge in [0, 0.05) is 0 Å². The molecule has 12 heavy (non-hydrogen) atoms. The highest BCUT2D eigenvalue weighted by Crippen LogP contribution is 2.37. The molecule has 1 aliphatic rings. The van der Waals surface area contributed by atoms with Crippen molar-refractivity contribution in [2.75, 3.05) is 6.79 Å². The van der Waals surface area contributed by atoms with Gasteiger partial charge in [0.2, 0.25) is 6.79 Å². The van der Waals surface area contributed by atoms with Crippen LogP contribution in [0.5, 0.6) is 11.5 Å². The van der Waals surface area contributed by atoms with E-state index in [-0.39, 0.29) is 6.79 Å². The average molecular weight is 187 g/mol. The van der Waals surface area contributed by atoms with E-state index in [0.717, 1.165) is 5.75 Å². The summed E-state index contributed by atoms with van der Waals surface area (Å²) < 4.78 is 10.1. The Morgan fingerprint density at radius 1 is 1.25 bits per heavy atom. The summed E-state index contributed by atoms with van der Waals surface area (Å²) in [5.41, 5.74) is 0. The van der Waals surface area contributed by atoms with Crippen LogP contribution in [0.3, 0.4) is 0 Å². The van der Waals surface area contributed by atoms with Gasteiger partial charge in [-0.1, -0.05) is 31.5 Å². The van der Waals surface area contributed by atoms with Gasteiger partial charge >= 0.3 is 0 Å². The van der Waals surface area contributed by atoms with Gasteiger partial charge in [0.1, 0.15) is 0 Å². The fourth-order valence-electron chi connectivity index (χ4n) is 0.895. The van der Waals surface area contributed by atoms with Gasteiger partial charge in [0.25, 0.3) is 0 Å². The minimum atomic E-state index is 0.277. The predicted molar refractivity (Wildman–Crippen MR) is 48.9 cm³/mol. The van der Waals surface area contributed by atoms with Crippen molar-refractivity contribution in [3.8, 4) is 11.5 Å². The number of rotatable bonds is 0. The second-order valence-corrected chi connectivity index (χ2v) is 2.38. The fraction of sp³-hybridized carbons (Fsp3) is 0.333. The van der Waals surface area contributed by atoms with Crippen molar-refractivity contribution >= 4 is 11.6 Å². The Kier molecular flexibility index (Phi) is 3.23. The highest BCUT2D eigenvalue weighted by molar-refractivity contribution is 6.32. The molecule has 1 aliphatic heterocycles. The van der Waals surface area contributed by atoms with Gasteiger partial charge in [-0.05, 0) is 12.1 Å². The van der Waals surface area contributed by atoms with Crippen LogP contribution in [0.1, 0.15) is 13.8 Å². The molecule has 0 amide bonds. The second kappa shape index (κ2) is 4.21. The topological polar surface area (TPSA) is 18.5 Å². The summed E-state index contributed by atoms with van der Waals surface area (Å²) in [7, 11) is 0. The zero-order valence-corrected chi connectivity index (χ0v) is 7.89. The molecule has 0 bridgehead atoms. The fourth-order valence-corrected chi connectivity index (χ4v) is 1.12. The molecule has 0 saturated carbocycles. The normalized spacial score (nSPS) is 11.9. The number of fused-ring (bicyclic) bond motifs is 1. The van der Waals surface area contributed by atoms with Crippen LogP contribution in [-0.2, 0) is 0 Å². The van der Waals surface area contributed by atoms with Gasteiger partial charge in [0.15, 0.2) is 11.5 Å². The molecule has 0 saturated heterocycles. The number of halogens is 1. The monoisotopic (exact) mass is 186 g/mol. The summed E-state index contributed by atoms with van der Waals surface area (Å²) in [6.45, 7) is 4.28. The Morgan fingerprint density at radius 3 is 2.67 bits per heavy atom. The van der Waals surface area contributed by atoms with E-state index in [1.54, 1.807) is 6.07 Å². The first-order chi connectivity index (χ1) is 5.88. The summed E-state index contributed by atoms with van der Waals surface area (Å²) in [5.74, 6) is 1.39. The molecule has 0 unspecified atom stereocenters. The molecule has 2 rings (SSSR count). The minimum absolute atomic E-state index is 0.277. The molecular weight excluding hydrogens is 176 g/mol. The van der Waals surface area contributed by atoms with Crippen LogP contribution in [0.15, 0.2) is 18.2 Å². The third-order valence-corrected chi connectivity index (χ3v) is 1.65. The Hall–Kier alpha value is -0.890. The summed E-state index contributed by atoms with van der Waals surface area (Å²) in [6, 6.07) is 5.43. The molecule has 0 aliphatic carbocycles. The molecule has 0 atom stereocenters. The number of para-hydroxylation sites is 1. The molecule has 0 radical (unpaired) electrons. The zero-order valence-electron chi connectivity index (χ0n) is 7.13. The molecule has 66 valence electrons. The Bertz CT molecular complexity index is 261. The zero-order chi connectivity index (χ0) is 8.97. The van der Waals surface area contributed by atoms with E-state index in [4.69, 9.17) is 21.1 Å². The number of benzene rings is 1. The number of hydrogen-bond acceptors (Lipinski definition) is 2. The first-order valence-corrected chi connectivity index (χ1v) is 4.30. The maximum atomic E-state index is 5.76. The smallest absolute Gasteiger partial charge is 0.231 e. The van der Waals surface area contributed by atoms with Gasteiger partial charge < -0.3 is 9.47 Å². The lowest BCUT2D eigenvalue weighted by Crippen LogP contribution is -1.93. The van der Waals surface area contributed by atoms with Crippen LogP contribution in [0, 0.1) is 0 Å². The van der Waals surface area contributed by atoms with Crippen LogP contribution >= 0.6 is 11.6 Å². The molecular formula is C9H11ClO2. The van der Waals surface area contributed by atoms with Crippen molar-refractivity contribution in [2.45, 2.75) is 13.8 Å². The largest absolute Gasteiger partial charge is 0.454 e. The van der Waals surface area contributed by atoms with Crippen molar-refractivity contribution in [1.29, 1.82) is 0 Å². The molecule has 0 spiro atoms. The van der Waals surface area contributed by atoms with Gasteiger partial charge in [-0.15, -0.1) is 0 Å². The van der Waals surface area contributed by atoms with Gasteiger partial charge in [-0.25, -0.2) is 0 Å². The summed E-state index contributed by atoms with van der Waals surface area (Å²) in [5, 5.41) is 0.606. The van der Waals surface area contributed by atoms with Crippen LogP contribution in [-0.4, -0.2) is 6.79 Å². The summed E-state index contributed by atoms with van der Waals surface area (Å²) in [6.07, 6.45) is 0. The van der Waals surface area contributed by atoms with E-state index in [9.17, 15) is 0 Å². The van der Waals surface area contributed by atoms with Crippen molar-refractivity contribution in [1.82, 2.24) is 0 Å². The molecule has 2 nitrogen and oxygen atoms in total. The molecule has 0 aromatic heterocycles. The molecule has 1 heterocycles. The number of hydrogen-bond donors (Lipinski definition) is 0. The van der Waals surface area contributed by atoms with Crippen molar-refractivity contribution in [3.05, 3.63) is 23.2 Å². The molecule has 0 N–H and O–H groups in total. The quantitative estimate of drug-likeness (QED) is 0.620. The van der Waals surface area contributed by atoms with E-state index in [2.05, 4.69) is 0 Å². The van der Waals surface area contributed by atoms with E-state index < -0.39 is 0 Å². The van der Waals surface area contributed by atoms with Gasteiger partial charge in [0.05, 0.1) is 5.02 Å². The lowest BCUT2D eigenvalue weighted by atomic mass is 10.3. The van der Waals surface area contributed by atoms with E-state index in [1.165, 1.54) is 0 Å². The molecule has 3 heteroatoms. The maximum Gasteiger partial charge on any atom is 0.231 e. The third-order valence-electron chi connectivity index (χ3n) is 1.35. The van der Waals surface area contributed by atoms with Crippen molar-refractivity contribution in [2.24, 2.45) is 0 Å². The summed E-state index contributed by atoms with van der Waals surface area (Å²) in [4.78, 5) is 0. The van der Waals surface area contributed by atoms with Crippen LogP contribution < -0.4 is 9.47 Å². The Morgan fingerprint density at radius 2 is 2.00 bits per heavy atom. The Balaban J connectivity index is 0.000000336. The molecule has 1 aromatic carbocycles. The second-order valence-electron chi connectivity index (χ2n) is 1.97. The lowest BCUT2D eigenvalue weighted by Gasteiger charge is -1.94. The van der Waals surface area contributed by atoms with E-state index >= 15 is 0 Å². The predicted octanol–water partition coefficient (Wildman–Crippen LogP) is 3.09. The van der Waals surface area contributed by atoms with Crippen LogP contribution in [0.4, 0.5) is 0 Å². The standard InChI is InChI=1S/C7H5ClO2.C2H6/c8-5-2-1-3-6-7(5)10-4-9-6;1-2/h1-3H,4H2;1-2H3. The van der Waals surface area contributed by atoms with Crippen molar-refractivity contribution < 1.29 is 9.47 Å². The summed E-state index contributed by atoms with van der Waals surface area (Å²) >= 11 is 5.76. The van der Waals surface area contributed by atoms with E-state index in [0.29, 0.717) is 10.8 Å². The van der Waals surface area contributed by atoms with Crippen LogP contribution in [0.2, 0.25) is 5.02 Å². The third kappa shape index (κ3) is 1.64. The average Bonchev–Trinajstić information content (AvgIpc) is 2.57. The van der Waals surface area contributed by atoms with E-state index in [1.807, 2.05) is 26.0 Å². The van der Waals surface area contributed by atoms with Gasteiger partial charge in [-0.3, -0.25) is 0 Å². The minimum Gasteiger partial charge on any atom is -0.454 e. The maximum absolute atomic E-state index is 5.76. The highest BCUT2D eigenvalue weighted by Gasteiger charge is 2.14. The Labute approximate surface area is 77.1 Å². The van der Waals surface area contributed by atoms with Crippen LogP contribution in [0.25, 0.3) is 0 Å². The number of ether oxygens (including phenoxy) is 2. The SMILES string of the molecule is CC.Clc1cccc2c1OCO2. The molecule has 1 aromatic rings. The van der Waals surface area contributed by atoms with Crippen molar-refractivity contribution in [3.63, 3.8) is 0 Å². The van der Waals surface area contributed by atoms with Gasteiger partial charge in [-0.2, -0.15) is 0 Å². The molecule has 0 fully saturated rings. The first-order valence-electron chi connectivity index (χ1n) is 3.92. The lowest BCUT2D eigenvalue weighted by molar-refractivity contribution is 0.174. The highest BCUT2D eigenvalue weighted by atomic mass is 35.5. The first kappa shape index (κ1) is 9.20.